The Morgan fingerprint density at radius 1 is 1.09 bits per heavy atom. The highest BCUT2D eigenvalue weighted by Gasteiger charge is 2.38. The second-order valence-corrected chi connectivity index (χ2v) is 8.04. The van der Waals surface area contributed by atoms with Crippen molar-refractivity contribution < 1.29 is 19.1 Å². The molecular formula is C23H24N6O4. The molecule has 0 aliphatic carbocycles. The Labute approximate surface area is 190 Å². The molecule has 3 aromatic rings. The molecule has 1 aromatic carbocycles. The molecule has 1 atom stereocenters. The van der Waals surface area contributed by atoms with Gasteiger partial charge in [-0.1, -0.05) is 0 Å². The van der Waals surface area contributed by atoms with Gasteiger partial charge in [-0.3, -0.25) is 14.6 Å². The summed E-state index contributed by atoms with van der Waals surface area (Å²) in [5.41, 5.74) is 1.58. The van der Waals surface area contributed by atoms with Gasteiger partial charge in [0, 0.05) is 55.8 Å². The van der Waals surface area contributed by atoms with Crippen LogP contribution in [0.3, 0.4) is 0 Å². The summed E-state index contributed by atoms with van der Waals surface area (Å²) in [6.07, 6.45) is 3.64. The molecule has 0 saturated carbocycles. The maximum absolute atomic E-state index is 13.3. The molecular weight excluding hydrogens is 424 g/mol. The molecule has 5 rings (SSSR count). The van der Waals surface area contributed by atoms with E-state index in [9.17, 15) is 9.59 Å². The summed E-state index contributed by atoms with van der Waals surface area (Å²) in [5, 5.41) is 8.60. The third-order valence-corrected chi connectivity index (χ3v) is 6.14. The van der Waals surface area contributed by atoms with Gasteiger partial charge in [-0.05, 0) is 24.3 Å². The number of nitrogens with zero attached hydrogens (tertiary/aromatic N) is 6. The molecule has 0 bridgehead atoms. The highest BCUT2D eigenvalue weighted by atomic mass is 16.5. The number of anilines is 1. The fourth-order valence-corrected chi connectivity index (χ4v) is 4.43. The number of methoxy groups -OCH3 is 2. The first kappa shape index (κ1) is 20.9. The minimum atomic E-state index is -0.405. The number of benzene rings is 1. The number of ether oxygens (including phenoxy) is 2. The Balaban J connectivity index is 1.30. The van der Waals surface area contributed by atoms with Crippen molar-refractivity contribution in [3.05, 3.63) is 48.5 Å². The minimum Gasteiger partial charge on any atom is -0.493 e. The summed E-state index contributed by atoms with van der Waals surface area (Å²) >= 11 is 0. The van der Waals surface area contributed by atoms with E-state index < -0.39 is 5.92 Å². The van der Waals surface area contributed by atoms with Gasteiger partial charge in [0.25, 0.3) is 0 Å². The van der Waals surface area contributed by atoms with E-state index in [1.54, 1.807) is 54.6 Å². The van der Waals surface area contributed by atoms with Crippen molar-refractivity contribution in [2.45, 2.75) is 19.5 Å². The van der Waals surface area contributed by atoms with E-state index in [2.05, 4.69) is 15.2 Å². The number of rotatable bonds is 5. The molecule has 0 N–H and O–H groups in total. The van der Waals surface area contributed by atoms with Gasteiger partial charge in [0.2, 0.25) is 11.8 Å². The largest absolute Gasteiger partial charge is 0.493 e. The number of hydrogen-bond donors (Lipinski definition) is 0. The summed E-state index contributed by atoms with van der Waals surface area (Å²) in [6.45, 7) is 1.83. The molecule has 2 aliphatic heterocycles. The van der Waals surface area contributed by atoms with Crippen molar-refractivity contribution in [2.24, 2.45) is 5.92 Å². The second-order valence-electron chi connectivity index (χ2n) is 8.04. The van der Waals surface area contributed by atoms with Crippen LogP contribution in [0.1, 0.15) is 12.2 Å². The van der Waals surface area contributed by atoms with Crippen LogP contribution in [0.2, 0.25) is 0 Å². The first-order chi connectivity index (χ1) is 16.1. The fraction of sp³-hybridized carbons (Fsp3) is 0.348. The Hall–Kier alpha value is -3.95. The smallest absolute Gasteiger partial charge is 0.228 e. The van der Waals surface area contributed by atoms with E-state index in [1.165, 1.54) is 0 Å². The molecule has 33 heavy (non-hydrogen) atoms. The van der Waals surface area contributed by atoms with Crippen LogP contribution in [-0.4, -0.2) is 63.8 Å². The summed E-state index contributed by atoms with van der Waals surface area (Å²) < 4.78 is 12.6. The van der Waals surface area contributed by atoms with Gasteiger partial charge in [0.15, 0.2) is 23.1 Å². The number of fused-ring (bicyclic) bond motifs is 1. The van der Waals surface area contributed by atoms with Gasteiger partial charge in [-0.25, -0.2) is 0 Å². The van der Waals surface area contributed by atoms with Crippen LogP contribution in [0.5, 0.6) is 11.5 Å². The Morgan fingerprint density at radius 3 is 2.70 bits per heavy atom. The van der Waals surface area contributed by atoms with Crippen LogP contribution >= 0.6 is 0 Å². The van der Waals surface area contributed by atoms with Crippen molar-refractivity contribution in [3.8, 4) is 22.9 Å². The molecule has 0 unspecified atom stereocenters. The Bertz CT molecular complexity index is 1190. The molecule has 10 nitrogen and oxygen atoms in total. The minimum absolute atomic E-state index is 0.0384. The lowest BCUT2D eigenvalue weighted by molar-refractivity contribution is -0.137. The van der Waals surface area contributed by atoms with Gasteiger partial charge < -0.3 is 23.8 Å². The first-order valence-corrected chi connectivity index (χ1v) is 10.7. The molecule has 4 heterocycles. The molecule has 170 valence electrons. The average Bonchev–Trinajstić information content (AvgIpc) is 3.46. The first-order valence-electron chi connectivity index (χ1n) is 10.7. The molecule has 1 fully saturated rings. The summed E-state index contributed by atoms with van der Waals surface area (Å²) in [4.78, 5) is 33.6. The standard InChI is InChI=1S/C23H24N6O4/c1-32-18-6-5-17(11-19(18)33-2)29-13-16(10-21(29)30)23(31)27-8-9-28-20(14-27)25-26-22(28)15-4-3-7-24-12-15/h3-7,11-12,16H,8-10,13-14H2,1-2H3/t16-/m1/s1. The predicted octanol–water partition coefficient (Wildman–Crippen LogP) is 1.75. The lowest BCUT2D eigenvalue weighted by Crippen LogP contribution is -2.42. The Kier molecular flexibility index (Phi) is 5.41. The quantitative estimate of drug-likeness (QED) is 0.586. The summed E-state index contributed by atoms with van der Waals surface area (Å²) in [7, 11) is 3.11. The van der Waals surface area contributed by atoms with Crippen molar-refractivity contribution in [3.63, 3.8) is 0 Å². The van der Waals surface area contributed by atoms with E-state index in [0.717, 1.165) is 17.2 Å². The zero-order valence-corrected chi connectivity index (χ0v) is 18.5. The lowest BCUT2D eigenvalue weighted by Gasteiger charge is -2.29. The van der Waals surface area contributed by atoms with Crippen molar-refractivity contribution in [1.82, 2.24) is 24.6 Å². The van der Waals surface area contributed by atoms with E-state index in [-0.39, 0.29) is 18.2 Å². The number of hydrogen-bond acceptors (Lipinski definition) is 7. The summed E-state index contributed by atoms with van der Waals surface area (Å²) in [6, 6.07) is 9.11. The van der Waals surface area contributed by atoms with Crippen LogP contribution in [0, 0.1) is 5.92 Å². The van der Waals surface area contributed by atoms with E-state index in [0.29, 0.717) is 43.4 Å². The number of pyridine rings is 1. The zero-order valence-electron chi connectivity index (χ0n) is 18.5. The molecule has 10 heteroatoms. The van der Waals surface area contributed by atoms with Gasteiger partial charge >= 0.3 is 0 Å². The van der Waals surface area contributed by atoms with Crippen LogP contribution in [0.15, 0.2) is 42.7 Å². The average molecular weight is 448 g/mol. The summed E-state index contributed by atoms with van der Waals surface area (Å²) in [5.74, 6) is 2.08. The topological polar surface area (TPSA) is 103 Å². The highest BCUT2D eigenvalue weighted by Crippen LogP contribution is 2.34. The second kappa shape index (κ2) is 8.53. The van der Waals surface area contributed by atoms with E-state index in [1.807, 2.05) is 16.7 Å². The van der Waals surface area contributed by atoms with Gasteiger partial charge in [-0.2, -0.15) is 0 Å². The van der Waals surface area contributed by atoms with E-state index >= 15 is 0 Å². The van der Waals surface area contributed by atoms with Crippen LogP contribution in [-0.2, 0) is 22.7 Å². The van der Waals surface area contributed by atoms with Gasteiger partial charge in [0.05, 0.1) is 26.7 Å². The molecule has 0 spiro atoms. The lowest BCUT2D eigenvalue weighted by atomic mass is 10.1. The normalized spacial score (nSPS) is 17.8. The Morgan fingerprint density at radius 2 is 1.94 bits per heavy atom. The van der Waals surface area contributed by atoms with Crippen LogP contribution in [0.4, 0.5) is 5.69 Å². The highest BCUT2D eigenvalue weighted by molar-refractivity contribution is 6.00. The fourth-order valence-electron chi connectivity index (χ4n) is 4.43. The molecule has 2 aromatic heterocycles. The van der Waals surface area contributed by atoms with Crippen LogP contribution in [0.25, 0.3) is 11.4 Å². The third-order valence-electron chi connectivity index (χ3n) is 6.14. The van der Waals surface area contributed by atoms with Gasteiger partial charge in [-0.15, -0.1) is 10.2 Å². The SMILES string of the molecule is COc1ccc(N2C[C@H](C(=O)N3CCn4c(nnc4-c4cccnc4)C3)CC2=O)cc1OC. The monoisotopic (exact) mass is 448 g/mol. The third kappa shape index (κ3) is 3.77. The number of carbonyl (C=O) groups excluding carboxylic acids is 2. The zero-order chi connectivity index (χ0) is 22.9. The molecule has 0 radical (unpaired) electrons. The molecule has 1 saturated heterocycles. The van der Waals surface area contributed by atoms with Crippen molar-refractivity contribution in [1.29, 1.82) is 0 Å². The number of aromatic nitrogens is 4. The van der Waals surface area contributed by atoms with Crippen LogP contribution < -0.4 is 14.4 Å². The predicted molar refractivity (Wildman–Crippen MR) is 119 cm³/mol. The molecule has 2 aliphatic rings. The van der Waals surface area contributed by atoms with Crippen molar-refractivity contribution in [2.75, 3.05) is 32.2 Å². The van der Waals surface area contributed by atoms with Crippen molar-refractivity contribution >= 4 is 17.5 Å². The number of amides is 2. The van der Waals surface area contributed by atoms with Gasteiger partial charge in [0.1, 0.15) is 0 Å². The molecule has 2 amide bonds. The maximum atomic E-state index is 13.3. The maximum Gasteiger partial charge on any atom is 0.228 e. The number of carbonyl (C=O) groups is 2. The van der Waals surface area contributed by atoms with E-state index in [4.69, 9.17) is 9.47 Å².